The minimum absolute atomic E-state index is 0.0121. The Labute approximate surface area is 85.6 Å². The Hall–Kier alpha value is -1.65. The molecule has 1 rings (SSSR count). The molecule has 0 bridgehead atoms. The van der Waals surface area contributed by atoms with Crippen molar-refractivity contribution in [3.63, 3.8) is 0 Å². The third kappa shape index (κ3) is 3.53. The first kappa shape index (κ1) is 11.4. The van der Waals surface area contributed by atoms with E-state index in [-0.39, 0.29) is 12.4 Å². The Morgan fingerprint density at radius 3 is 2.40 bits per heavy atom. The first-order valence-electron chi connectivity index (χ1n) is 4.35. The van der Waals surface area contributed by atoms with Gasteiger partial charge in [-0.25, -0.2) is 4.79 Å². The highest BCUT2D eigenvalue weighted by Gasteiger charge is 2.07. The number of rotatable bonds is 4. The van der Waals surface area contributed by atoms with E-state index in [0.29, 0.717) is 5.56 Å². The van der Waals surface area contributed by atoms with Crippen molar-refractivity contribution in [2.45, 2.75) is 13.5 Å². The molecule has 82 valence electrons. The molecular weight excluding hydrogens is 205 g/mol. The van der Waals surface area contributed by atoms with E-state index in [2.05, 4.69) is 4.74 Å². The van der Waals surface area contributed by atoms with Gasteiger partial charge in [-0.15, -0.1) is 0 Å². The third-order valence-electron chi connectivity index (χ3n) is 1.59. The smallest absolute Gasteiger partial charge is 0.387 e. The molecule has 0 amide bonds. The maximum absolute atomic E-state index is 11.8. The maximum Gasteiger partial charge on any atom is 0.387 e. The molecule has 0 aliphatic heterocycles. The van der Waals surface area contributed by atoms with Crippen LogP contribution >= 0.6 is 0 Å². The zero-order valence-corrected chi connectivity index (χ0v) is 8.07. The molecule has 0 fully saturated rings. The fourth-order valence-electron chi connectivity index (χ4n) is 0.987. The van der Waals surface area contributed by atoms with E-state index in [1.807, 2.05) is 0 Å². The van der Waals surface area contributed by atoms with Crippen molar-refractivity contribution in [1.29, 1.82) is 0 Å². The number of hydrogen-bond donors (Lipinski definition) is 0. The summed E-state index contributed by atoms with van der Waals surface area (Å²) in [6.45, 7) is -0.904. The molecule has 0 aliphatic rings. The van der Waals surface area contributed by atoms with Crippen LogP contribution in [-0.4, -0.2) is 19.2 Å². The number of esters is 1. The summed E-state index contributed by atoms with van der Waals surface area (Å²) < 4.78 is 32.4. The molecular formula is C10H10F2O3. The second-order valence-electron chi connectivity index (χ2n) is 2.62. The average Bonchev–Trinajstić information content (AvgIpc) is 2.18. The molecule has 1 unspecified atom stereocenters. The van der Waals surface area contributed by atoms with E-state index < -0.39 is 12.6 Å². The number of alkyl halides is 2. The van der Waals surface area contributed by atoms with Crippen LogP contribution in [0.5, 0.6) is 5.75 Å². The Morgan fingerprint density at radius 1 is 1.33 bits per heavy atom. The zero-order chi connectivity index (χ0) is 11.3. The lowest BCUT2D eigenvalue weighted by molar-refractivity contribution is -0.0498. The van der Waals surface area contributed by atoms with Crippen molar-refractivity contribution in [2.24, 2.45) is 0 Å². The van der Waals surface area contributed by atoms with Crippen molar-refractivity contribution < 1.29 is 23.0 Å². The topological polar surface area (TPSA) is 35.5 Å². The summed E-state index contributed by atoms with van der Waals surface area (Å²) in [5, 5.41) is 0. The summed E-state index contributed by atoms with van der Waals surface area (Å²) in [6.07, 6.45) is 0. The van der Waals surface area contributed by atoms with Gasteiger partial charge in [-0.2, -0.15) is 8.78 Å². The van der Waals surface area contributed by atoms with Crippen LogP contribution in [0, 0.1) is 0 Å². The number of carbonyl (C=O) groups excluding carboxylic acids is 1. The fraction of sp³-hybridized carbons (Fsp3) is 0.300. The van der Waals surface area contributed by atoms with Gasteiger partial charge in [0.05, 0.1) is 12.2 Å². The average molecular weight is 215 g/mol. The monoisotopic (exact) mass is 215 g/mol. The molecule has 0 saturated carbocycles. The van der Waals surface area contributed by atoms with E-state index in [9.17, 15) is 13.6 Å². The van der Waals surface area contributed by atoms with Gasteiger partial charge in [0.1, 0.15) is 5.75 Å². The van der Waals surface area contributed by atoms with Crippen LogP contribution in [0.1, 0.15) is 17.3 Å². The normalized spacial score (nSPS) is 11.9. The molecule has 1 aromatic rings. The molecule has 0 aliphatic carbocycles. The molecule has 3 nitrogen and oxygen atoms in total. The van der Waals surface area contributed by atoms with E-state index in [1.165, 1.54) is 24.3 Å². The molecule has 1 aromatic carbocycles. The highest BCUT2D eigenvalue weighted by molar-refractivity contribution is 5.89. The van der Waals surface area contributed by atoms with E-state index in [1.54, 1.807) is 6.92 Å². The number of hydrogen-bond acceptors (Lipinski definition) is 3. The van der Waals surface area contributed by atoms with Gasteiger partial charge in [-0.05, 0) is 31.2 Å². The van der Waals surface area contributed by atoms with Crippen LogP contribution < -0.4 is 4.74 Å². The molecule has 1 atom stereocenters. The van der Waals surface area contributed by atoms with Crippen LogP contribution in [0.4, 0.5) is 8.78 Å². The number of carbonyl (C=O) groups is 1. The molecule has 0 radical (unpaired) electrons. The number of ether oxygens (including phenoxy) is 2. The zero-order valence-electron chi connectivity index (χ0n) is 8.07. The van der Waals surface area contributed by atoms with E-state index >= 15 is 0 Å². The van der Waals surface area contributed by atoms with E-state index in [0.717, 1.165) is 0 Å². The minimum atomic E-state index is -2.86. The van der Waals surface area contributed by atoms with Gasteiger partial charge >= 0.3 is 12.6 Å². The first-order chi connectivity index (χ1) is 7.13. The van der Waals surface area contributed by atoms with Gasteiger partial charge in [-0.3, -0.25) is 0 Å². The lowest BCUT2D eigenvalue weighted by Crippen LogP contribution is -2.05. The summed E-state index contributed by atoms with van der Waals surface area (Å²) in [5.74, 6) is -0.473. The summed E-state index contributed by atoms with van der Waals surface area (Å²) in [6, 6.07) is 5.32. The second kappa shape index (κ2) is 5.29. The quantitative estimate of drug-likeness (QED) is 0.724. The number of halogens is 2. The Kier molecular flexibility index (Phi) is 4.03. The van der Waals surface area contributed by atoms with Crippen LogP contribution in [0.3, 0.4) is 0 Å². The molecule has 0 spiro atoms. The van der Waals surface area contributed by atoms with E-state index in [4.69, 9.17) is 4.74 Å². The molecule has 0 heterocycles. The molecule has 0 N–H and O–H groups in total. The van der Waals surface area contributed by atoms with Gasteiger partial charge in [0.2, 0.25) is 0 Å². The van der Waals surface area contributed by atoms with Gasteiger partial charge < -0.3 is 9.47 Å². The second-order valence-corrected chi connectivity index (χ2v) is 2.62. The Balaban J connectivity index is 2.67. The van der Waals surface area contributed by atoms with Gasteiger partial charge in [0.15, 0.2) is 0 Å². The third-order valence-corrected chi connectivity index (χ3v) is 1.59. The minimum Gasteiger partial charge on any atom is -0.462 e. The predicted molar refractivity (Wildman–Crippen MR) is 49.0 cm³/mol. The highest BCUT2D eigenvalue weighted by Crippen LogP contribution is 2.15. The van der Waals surface area contributed by atoms with Crippen LogP contribution in [-0.2, 0) is 4.74 Å². The Bertz CT molecular complexity index is 322. The van der Waals surface area contributed by atoms with Gasteiger partial charge in [0.25, 0.3) is 0 Å². The van der Waals surface area contributed by atoms with Crippen molar-refractivity contribution in [3.8, 4) is 5.75 Å². The van der Waals surface area contributed by atoms with Crippen molar-refractivity contribution in [1.82, 2.24) is 0 Å². The fourth-order valence-corrected chi connectivity index (χ4v) is 0.987. The summed E-state index contributed by atoms with van der Waals surface area (Å²) in [4.78, 5) is 11.2. The summed E-state index contributed by atoms with van der Waals surface area (Å²) in [5.41, 5.74) is 0.304. The molecule has 0 saturated heterocycles. The lowest BCUT2D eigenvalue weighted by atomic mass is 10.2. The summed E-state index contributed by atoms with van der Waals surface area (Å²) in [7, 11) is 0. The molecule has 0 aromatic heterocycles. The number of benzene rings is 1. The highest BCUT2D eigenvalue weighted by atomic mass is 19.2. The molecule has 15 heavy (non-hydrogen) atoms. The van der Waals surface area contributed by atoms with Gasteiger partial charge in [0, 0.05) is 0 Å². The maximum atomic E-state index is 11.8. The van der Waals surface area contributed by atoms with Crippen LogP contribution in [0.15, 0.2) is 24.3 Å². The van der Waals surface area contributed by atoms with Crippen LogP contribution in [0.25, 0.3) is 0 Å². The summed E-state index contributed by atoms with van der Waals surface area (Å²) >= 11 is 0. The van der Waals surface area contributed by atoms with Crippen LogP contribution in [0.2, 0.25) is 0 Å². The van der Waals surface area contributed by atoms with Gasteiger partial charge in [-0.1, -0.05) is 0 Å². The van der Waals surface area contributed by atoms with Crippen molar-refractivity contribution >= 4 is 5.97 Å². The SMILES string of the molecule is CCOC(=O)c1ccc(OC(F)[18F])cc1. The van der Waals surface area contributed by atoms with Crippen molar-refractivity contribution in [2.75, 3.05) is 6.61 Å². The first-order valence-corrected chi connectivity index (χ1v) is 4.35. The predicted octanol–water partition coefficient (Wildman–Crippen LogP) is 2.46. The standard InChI is InChI=1S/C10H10F2O3/c1-2-14-9(13)7-3-5-8(6-4-7)15-10(11)12/h3-6,10H,2H2,1H3/i11-1. The Morgan fingerprint density at radius 2 is 1.93 bits per heavy atom. The lowest BCUT2D eigenvalue weighted by Gasteiger charge is -2.05. The molecule has 5 heteroatoms. The van der Waals surface area contributed by atoms with Crippen molar-refractivity contribution in [3.05, 3.63) is 29.8 Å². The largest absolute Gasteiger partial charge is 0.462 e.